The van der Waals surface area contributed by atoms with Crippen LogP contribution in [0.15, 0.2) is 42.5 Å². The van der Waals surface area contributed by atoms with Crippen LogP contribution in [0.25, 0.3) is 0 Å². The number of carbonyl (C=O) groups excluding carboxylic acids is 1. The summed E-state index contributed by atoms with van der Waals surface area (Å²) in [6.07, 6.45) is 0.975. The summed E-state index contributed by atoms with van der Waals surface area (Å²) < 4.78 is 15.9. The summed E-state index contributed by atoms with van der Waals surface area (Å²) in [5, 5.41) is 0. The van der Waals surface area contributed by atoms with Gasteiger partial charge in [0.05, 0.1) is 7.11 Å². The molecule has 5 heteroatoms. The number of likely N-dealkylation sites (tertiary alicyclic amines) is 1. The van der Waals surface area contributed by atoms with Crippen molar-refractivity contribution in [3.05, 3.63) is 53.6 Å². The molecule has 0 bridgehead atoms. The van der Waals surface area contributed by atoms with Crippen molar-refractivity contribution in [1.29, 1.82) is 0 Å². The molecular formula is C19H19NO4. The molecule has 0 N–H and O–H groups in total. The minimum absolute atomic E-state index is 0.0457. The van der Waals surface area contributed by atoms with Crippen molar-refractivity contribution in [2.24, 2.45) is 0 Å². The number of amides is 1. The van der Waals surface area contributed by atoms with E-state index in [0.717, 1.165) is 25.3 Å². The summed E-state index contributed by atoms with van der Waals surface area (Å²) in [4.78, 5) is 14.6. The Balaban J connectivity index is 1.46. The molecule has 2 aliphatic rings. The molecule has 24 heavy (non-hydrogen) atoms. The fraction of sp³-hybridized carbons (Fsp3) is 0.316. The Morgan fingerprint density at radius 3 is 2.71 bits per heavy atom. The maximum absolute atomic E-state index is 12.7. The number of benzene rings is 2. The molecule has 1 atom stereocenters. The highest BCUT2D eigenvalue weighted by Gasteiger charge is 2.28. The number of hydrogen-bond donors (Lipinski definition) is 0. The second-order valence-corrected chi connectivity index (χ2v) is 6.08. The highest BCUT2D eigenvalue weighted by Crippen LogP contribution is 2.34. The average Bonchev–Trinajstić information content (AvgIpc) is 3.30. The number of ether oxygens (including phenoxy) is 3. The van der Waals surface area contributed by atoms with E-state index in [9.17, 15) is 4.79 Å². The molecule has 0 aliphatic carbocycles. The Kier molecular flexibility index (Phi) is 3.76. The number of methoxy groups -OCH3 is 1. The van der Waals surface area contributed by atoms with Gasteiger partial charge in [-0.2, -0.15) is 0 Å². The van der Waals surface area contributed by atoms with Crippen molar-refractivity contribution in [1.82, 2.24) is 4.90 Å². The van der Waals surface area contributed by atoms with Crippen molar-refractivity contribution in [3.63, 3.8) is 0 Å². The number of hydrogen-bond acceptors (Lipinski definition) is 4. The standard InChI is InChI=1S/C19H19NO4/c1-22-16-5-2-13(3-6-16)15-8-9-20(11-15)19(21)14-4-7-17-18(10-14)24-12-23-17/h2-7,10,15H,8-9,11-12H2,1H3/t15-/m0/s1. The zero-order chi connectivity index (χ0) is 16.5. The van der Waals surface area contributed by atoms with Crippen molar-refractivity contribution in [2.45, 2.75) is 12.3 Å². The Morgan fingerprint density at radius 2 is 1.92 bits per heavy atom. The molecule has 2 aromatic rings. The maximum Gasteiger partial charge on any atom is 0.254 e. The Bertz CT molecular complexity index is 756. The van der Waals surface area contributed by atoms with Gasteiger partial charge in [-0.05, 0) is 42.3 Å². The fourth-order valence-corrected chi connectivity index (χ4v) is 3.31. The van der Waals surface area contributed by atoms with Gasteiger partial charge < -0.3 is 19.1 Å². The number of nitrogens with zero attached hydrogens (tertiary/aromatic N) is 1. The Hall–Kier alpha value is -2.69. The van der Waals surface area contributed by atoms with E-state index in [4.69, 9.17) is 14.2 Å². The lowest BCUT2D eigenvalue weighted by Gasteiger charge is -2.17. The van der Waals surface area contributed by atoms with Crippen molar-refractivity contribution >= 4 is 5.91 Å². The van der Waals surface area contributed by atoms with E-state index in [-0.39, 0.29) is 12.7 Å². The van der Waals surface area contributed by atoms with Crippen LogP contribution in [0.4, 0.5) is 0 Å². The minimum Gasteiger partial charge on any atom is -0.497 e. The van der Waals surface area contributed by atoms with Crippen LogP contribution >= 0.6 is 0 Å². The summed E-state index contributed by atoms with van der Waals surface area (Å²) in [6.45, 7) is 1.72. The molecule has 0 spiro atoms. The van der Waals surface area contributed by atoms with Gasteiger partial charge in [0.25, 0.3) is 5.91 Å². The lowest BCUT2D eigenvalue weighted by Crippen LogP contribution is -2.28. The van der Waals surface area contributed by atoms with Crippen molar-refractivity contribution in [3.8, 4) is 17.2 Å². The minimum atomic E-state index is 0.0457. The van der Waals surface area contributed by atoms with Gasteiger partial charge in [0, 0.05) is 24.6 Å². The molecule has 2 aliphatic heterocycles. The summed E-state index contributed by atoms with van der Waals surface area (Å²) in [7, 11) is 1.66. The molecule has 124 valence electrons. The predicted octanol–water partition coefficient (Wildman–Crippen LogP) is 3.05. The van der Waals surface area contributed by atoms with Crippen molar-refractivity contribution in [2.75, 3.05) is 27.0 Å². The molecule has 1 fully saturated rings. The summed E-state index contributed by atoms with van der Waals surface area (Å²) in [5.41, 5.74) is 1.89. The zero-order valence-corrected chi connectivity index (χ0v) is 13.5. The Labute approximate surface area is 140 Å². The van der Waals surface area contributed by atoms with Gasteiger partial charge in [0.15, 0.2) is 11.5 Å². The SMILES string of the molecule is COc1ccc([C@H]2CCN(C(=O)c3ccc4c(c3)OCO4)C2)cc1. The molecule has 0 saturated carbocycles. The second kappa shape index (κ2) is 6.07. The molecule has 5 nitrogen and oxygen atoms in total. The largest absolute Gasteiger partial charge is 0.497 e. The lowest BCUT2D eigenvalue weighted by molar-refractivity contribution is 0.0790. The molecular weight excluding hydrogens is 306 g/mol. The number of carbonyl (C=O) groups is 1. The number of rotatable bonds is 3. The summed E-state index contributed by atoms with van der Waals surface area (Å²) >= 11 is 0. The monoisotopic (exact) mass is 325 g/mol. The van der Waals surface area contributed by atoms with Crippen LogP contribution in [0.1, 0.15) is 28.3 Å². The predicted molar refractivity (Wildman–Crippen MR) is 88.8 cm³/mol. The van der Waals surface area contributed by atoms with Gasteiger partial charge in [0.1, 0.15) is 5.75 Å². The second-order valence-electron chi connectivity index (χ2n) is 6.08. The van der Waals surface area contributed by atoms with Gasteiger partial charge in [-0.3, -0.25) is 4.79 Å². The van der Waals surface area contributed by atoms with Crippen molar-refractivity contribution < 1.29 is 19.0 Å². The van der Waals surface area contributed by atoms with Gasteiger partial charge in [-0.15, -0.1) is 0 Å². The lowest BCUT2D eigenvalue weighted by atomic mass is 9.98. The van der Waals surface area contributed by atoms with E-state index in [1.165, 1.54) is 5.56 Å². The first-order chi connectivity index (χ1) is 11.7. The van der Waals surface area contributed by atoms with E-state index in [2.05, 4.69) is 12.1 Å². The van der Waals surface area contributed by atoms with Gasteiger partial charge >= 0.3 is 0 Å². The van der Waals surface area contributed by atoms with Crippen LogP contribution in [0.2, 0.25) is 0 Å². The van der Waals surface area contributed by atoms with E-state index >= 15 is 0 Å². The fourth-order valence-electron chi connectivity index (χ4n) is 3.31. The van der Waals surface area contributed by atoms with E-state index in [0.29, 0.717) is 23.0 Å². The zero-order valence-electron chi connectivity index (χ0n) is 13.5. The third kappa shape index (κ3) is 2.66. The smallest absolute Gasteiger partial charge is 0.254 e. The van der Waals surface area contributed by atoms with Crippen LogP contribution < -0.4 is 14.2 Å². The van der Waals surface area contributed by atoms with Crippen LogP contribution in [0, 0.1) is 0 Å². The maximum atomic E-state index is 12.7. The van der Waals surface area contributed by atoms with E-state index < -0.39 is 0 Å². The highest BCUT2D eigenvalue weighted by molar-refractivity contribution is 5.95. The summed E-state index contributed by atoms with van der Waals surface area (Å²) in [5.74, 6) is 2.61. The highest BCUT2D eigenvalue weighted by atomic mass is 16.7. The van der Waals surface area contributed by atoms with Gasteiger partial charge in [-0.25, -0.2) is 0 Å². The first kappa shape index (κ1) is 14.9. The molecule has 0 aromatic heterocycles. The van der Waals surface area contributed by atoms with Gasteiger partial charge in [0.2, 0.25) is 6.79 Å². The average molecular weight is 325 g/mol. The van der Waals surface area contributed by atoms with Crippen LogP contribution in [0.3, 0.4) is 0 Å². The normalized spacial score (nSPS) is 18.7. The molecule has 4 rings (SSSR count). The third-order valence-electron chi connectivity index (χ3n) is 4.68. The molecule has 1 saturated heterocycles. The molecule has 2 aromatic carbocycles. The van der Waals surface area contributed by atoms with E-state index in [1.807, 2.05) is 17.0 Å². The van der Waals surface area contributed by atoms with Gasteiger partial charge in [-0.1, -0.05) is 12.1 Å². The van der Waals surface area contributed by atoms with E-state index in [1.54, 1.807) is 25.3 Å². The molecule has 0 unspecified atom stereocenters. The molecule has 2 heterocycles. The first-order valence-electron chi connectivity index (χ1n) is 8.07. The molecule has 1 amide bonds. The first-order valence-corrected chi connectivity index (χ1v) is 8.07. The topological polar surface area (TPSA) is 48.0 Å². The van der Waals surface area contributed by atoms with Crippen LogP contribution in [-0.4, -0.2) is 37.8 Å². The molecule has 0 radical (unpaired) electrons. The third-order valence-corrected chi connectivity index (χ3v) is 4.68. The summed E-state index contributed by atoms with van der Waals surface area (Å²) in [6, 6.07) is 13.5. The van der Waals surface area contributed by atoms with Crippen LogP contribution in [0.5, 0.6) is 17.2 Å². The number of fused-ring (bicyclic) bond motifs is 1. The Morgan fingerprint density at radius 1 is 1.12 bits per heavy atom. The quantitative estimate of drug-likeness (QED) is 0.870. The van der Waals surface area contributed by atoms with Crippen LogP contribution in [-0.2, 0) is 0 Å².